The third-order valence-corrected chi connectivity index (χ3v) is 11.3. The lowest BCUT2D eigenvalue weighted by Gasteiger charge is -2.55. The van der Waals surface area contributed by atoms with Crippen molar-refractivity contribution in [2.75, 3.05) is 12.0 Å². The summed E-state index contributed by atoms with van der Waals surface area (Å²) in [6, 6.07) is 30.5. The van der Waals surface area contributed by atoms with Gasteiger partial charge in [0.2, 0.25) is 11.8 Å². The number of ketones is 2. The topological polar surface area (TPSA) is 101 Å². The van der Waals surface area contributed by atoms with E-state index in [1.807, 2.05) is 78.9 Å². The van der Waals surface area contributed by atoms with Gasteiger partial charge in [-0.05, 0) is 59.7 Å². The van der Waals surface area contributed by atoms with Gasteiger partial charge in [-0.2, -0.15) is 0 Å². The van der Waals surface area contributed by atoms with Crippen molar-refractivity contribution in [1.29, 1.82) is 0 Å². The van der Waals surface area contributed by atoms with E-state index >= 15 is 9.59 Å². The summed E-state index contributed by atoms with van der Waals surface area (Å²) in [5.74, 6) is -4.07. The zero-order valence-corrected chi connectivity index (χ0v) is 27.5. The molecule has 248 valence electrons. The molecule has 7 nitrogen and oxygen atoms in total. The van der Waals surface area contributed by atoms with E-state index in [4.69, 9.17) is 4.74 Å². The third-order valence-electron chi connectivity index (χ3n) is 11.3. The first-order chi connectivity index (χ1) is 24.3. The standard InChI is InChI=1S/C43H35NO6/c1-3-25-14-16-28(17-15-25)44-41(48)32-21-20-30-34(38(32)42(44)49)23-35-40(47)33(26-10-6-4-7-11-26)24-37(46)43(35,27-12-8-5-9-13-27)39(30)31-19-18-29(45)22-36(31)50-2/h3-20,22,24,32,34-35,38-39,45H,1,21,23H2,2H3. The Bertz CT molecular complexity index is 2130. The number of phenolic OH excluding ortho intramolecular Hbond substituents is 1. The molecule has 4 aromatic carbocycles. The maximum Gasteiger partial charge on any atom is 0.238 e. The van der Waals surface area contributed by atoms with E-state index in [2.05, 4.69) is 6.58 Å². The van der Waals surface area contributed by atoms with E-state index in [9.17, 15) is 14.7 Å². The molecular formula is C43H35NO6. The van der Waals surface area contributed by atoms with Gasteiger partial charge in [-0.3, -0.25) is 24.1 Å². The number of carbonyl (C=O) groups is 4. The number of phenols is 1. The lowest BCUT2D eigenvalue weighted by Crippen LogP contribution is -2.58. The zero-order valence-electron chi connectivity index (χ0n) is 27.5. The first kappa shape index (κ1) is 31.4. The van der Waals surface area contributed by atoms with Gasteiger partial charge in [0, 0.05) is 29.0 Å². The Morgan fingerprint density at radius 2 is 1.56 bits per heavy atom. The number of imide groups is 1. The summed E-state index contributed by atoms with van der Waals surface area (Å²) in [6.07, 6.45) is 5.73. The molecule has 2 amide bonds. The van der Waals surface area contributed by atoms with Crippen LogP contribution in [0.1, 0.15) is 41.0 Å². The van der Waals surface area contributed by atoms with Gasteiger partial charge < -0.3 is 9.84 Å². The molecule has 2 fully saturated rings. The molecule has 0 spiro atoms. The van der Waals surface area contributed by atoms with Gasteiger partial charge in [-0.15, -0.1) is 0 Å². The predicted molar refractivity (Wildman–Crippen MR) is 190 cm³/mol. The molecule has 3 aliphatic carbocycles. The van der Waals surface area contributed by atoms with Crippen LogP contribution in [0.4, 0.5) is 5.69 Å². The Labute approximate surface area is 290 Å². The molecular weight excluding hydrogens is 626 g/mol. The van der Waals surface area contributed by atoms with Crippen molar-refractivity contribution in [2.45, 2.75) is 24.2 Å². The van der Waals surface area contributed by atoms with E-state index in [0.29, 0.717) is 40.1 Å². The number of aromatic hydroxyl groups is 1. The number of carbonyl (C=O) groups excluding carboxylic acids is 4. The van der Waals surface area contributed by atoms with Crippen LogP contribution in [-0.2, 0) is 24.6 Å². The van der Waals surface area contributed by atoms with Crippen molar-refractivity contribution in [3.63, 3.8) is 0 Å². The lowest BCUT2D eigenvalue weighted by molar-refractivity contribution is -0.135. The zero-order chi connectivity index (χ0) is 34.7. The van der Waals surface area contributed by atoms with E-state index in [-0.39, 0.29) is 35.6 Å². The minimum absolute atomic E-state index is 0.00653. The molecule has 50 heavy (non-hydrogen) atoms. The van der Waals surface area contributed by atoms with Gasteiger partial charge in [0.25, 0.3) is 0 Å². The lowest BCUT2D eigenvalue weighted by atomic mass is 9.44. The molecule has 0 aromatic heterocycles. The summed E-state index contributed by atoms with van der Waals surface area (Å²) in [6.45, 7) is 3.81. The fourth-order valence-electron chi connectivity index (χ4n) is 9.17. The Morgan fingerprint density at radius 3 is 2.24 bits per heavy atom. The number of hydrogen-bond donors (Lipinski definition) is 1. The van der Waals surface area contributed by atoms with Crippen LogP contribution in [0.15, 0.2) is 127 Å². The number of amides is 2. The summed E-state index contributed by atoms with van der Waals surface area (Å²) in [5, 5.41) is 10.5. The Morgan fingerprint density at radius 1 is 0.860 bits per heavy atom. The Balaban J connectivity index is 1.36. The van der Waals surface area contributed by atoms with Gasteiger partial charge in [-0.25, -0.2) is 0 Å². The summed E-state index contributed by atoms with van der Waals surface area (Å²) < 4.78 is 5.86. The second kappa shape index (κ2) is 11.9. The van der Waals surface area contributed by atoms with Gasteiger partial charge in [-0.1, -0.05) is 103 Å². The van der Waals surface area contributed by atoms with Crippen molar-refractivity contribution < 1.29 is 29.0 Å². The minimum Gasteiger partial charge on any atom is -0.508 e. The summed E-state index contributed by atoms with van der Waals surface area (Å²) >= 11 is 0. The number of Topliss-reactive ketones (excluding diaryl/α,β-unsaturated/α-hetero) is 1. The largest absolute Gasteiger partial charge is 0.508 e. The number of hydrogen-bond acceptors (Lipinski definition) is 6. The van der Waals surface area contributed by atoms with Crippen molar-refractivity contribution in [1.82, 2.24) is 0 Å². The van der Waals surface area contributed by atoms with Crippen LogP contribution in [-0.4, -0.2) is 35.6 Å². The third kappa shape index (κ3) is 4.49. The van der Waals surface area contributed by atoms with Crippen molar-refractivity contribution in [3.8, 4) is 11.5 Å². The highest BCUT2D eigenvalue weighted by atomic mass is 16.5. The van der Waals surface area contributed by atoms with Crippen LogP contribution < -0.4 is 9.64 Å². The Hall–Kier alpha value is -5.82. The highest BCUT2D eigenvalue weighted by Crippen LogP contribution is 2.64. The average molecular weight is 662 g/mol. The average Bonchev–Trinajstić information content (AvgIpc) is 3.41. The number of anilines is 1. The van der Waals surface area contributed by atoms with Crippen molar-refractivity contribution in [3.05, 3.63) is 150 Å². The first-order valence-electron chi connectivity index (χ1n) is 16.9. The molecule has 1 saturated carbocycles. The number of ether oxygens (including phenoxy) is 1. The number of nitrogens with zero attached hydrogens (tertiary/aromatic N) is 1. The number of fused-ring (bicyclic) bond motifs is 4. The summed E-state index contributed by atoms with van der Waals surface area (Å²) in [5.41, 5.74) is 3.10. The highest BCUT2D eigenvalue weighted by Gasteiger charge is 2.66. The van der Waals surface area contributed by atoms with Crippen LogP contribution in [0, 0.1) is 23.7 Å². The molecule has 4 aromatic rings. The molecule has 8 rings (SSSR count). The molecule has 1 heterocycles. The maximum absolute atomic E-state index is 15.2. The smallest absolute Gasteiger partial charge is 0.238 e. The molecule has 0 bridgehead atoms. The number of benzene rings is 4. The normalized spacial score (nSPS) is 27.1. The van der Waals surface area contributed by atoms with Gasteiger partial charge in [0.15, 0.2) is 11.6 Å². The SMILES string of the molecule is C=Cc1ccc(N2C(=O)C3CC=C4C(CC5C(=O)C(c6ccccc6)=CC(=O)C5(c5ccccc5)C4c4ccc(O)cc4OC)C3C2=O)cc1. The molecule has 1 aliphatic heterocycles. The number of rotatable bonds is 6. The molecule has 0 radical (unpaired) electrons. The van der Waals surface area contributed by atoms with Crippen LogP contribution in [0.25, 0.3) is 11.6 Å². The molecule has 4 aliphatic rings. The second-order valence-electron chi connectivity index (χ2n) is 13.5. The van der Waals surface area contributed by atoms with Crippen LogP contribution in [0.2, 0.25) is 0 Å². The maximum atomic E-state index is 15.2. The van der Waals surface area contributed by atoms with E-state index in [0.717, 1.165) is 11.1 Å². The Kier molecular flexibility index (Phi) is 7.52. The monoisotopic (exact) mass is 661 g/mol. The van der Waals surface area contributed by atoms with Gasteiger partial charge >= 0.3 is 0 Å². The predicted octanol–water partition coefficient (Wildman–Crippen LogP) is 7.07. The quantitative estimate of drug-likeness (QED) is 0.175. The number of allylic oxidation sites excluding steroid dienone is 4. The molecule has 6 unspecified atom stereocenters. The molecule has 1 N–H and O–H groups in total. The van der Waals surface area contributed by atoms with Gasteiger partial charge in [0.1, 0.15) is 11.5 Å². The van der Waals surface area contributed by atoms with Crippen LogP contribution in [0.5, 0.6) is 11.5 Å². The van der Waals surface area contributed by atoms with Crippen molar-refractivity contribution >= 4 is 40.7 Å². The fraction of sp³-hybridized carbons (Fsp3) is 0.209. The van der Waals surface area contributed by atoms with Gasteiger partial charge in [0.05, 0.1) is 30.0 Å². The minimum atomic E-state index is -1.39. The highest BCUT2D eigenvalue weighted by molar-refractivity contribution is 6.32. The van der Waals surface area contributed by atoms with E-state index in [1.165, 1.54) is 24.2 Å². The van der Waals surface area contributed by atoms with Crippen molar-refractivity contribution in [2.24, 2.45) is 23.7 Å². The summed E-state index contributed by atoms with van der Waals surface area (Å²) in [4.78, 5) is 60.1. The van der Waals surface area contributed by atoms with E-state index < -0.39 is 35.0 Å². The first-order valence-corrected chi connectivity index (χ1v) is 16.9. The second-order valence-corrected chi connectivity index (χ2v) is 13.5. The molecule has 1 saturated heterocycles. The van der Waals surface area contributed by atoms with Crippen LogP contribution in [0.3, 0.4) is 0 Å². The molecule has 6 atom stereocenters. The van der Waals surface area contributed by atoms with Crippen LogP contribution >= 0.6 is 0 Å². The number of methoxy groups -OCH3 is 1. The molecule has 7 heteroatoms. The fourth-order valence-corrected chi connectivity index (χ4v) is 9.17. The van der Waals surface area contributed by atoms with E-state index in [1.54, 1.807) is 30.3 Å². The summed E-state index contributed by atoms with van der Waals surface area (Å²) in [7, 11) is 1.51.